The van der Waals surface area contributed by atoms with Crippen LogP contribution in [0.5, 0.6) is 0 Å². The summed E-state index contributed by atoms with van der Waals surface area (Å²) in [5.74, 6) is 3.60. The van der Waals surface area contributed by atoms with E-state index in [1.807, 2.05) is 0 Å². The van der Waals surface area contributed by atoms with Gasteiger partial charge in [0.05, 0.1) is 5.69 Å². The molecule has 0 aromatic carbocycles. The highest BCUT2D eigenvalue weighted by Gasteiger charge is 2.27. The first kappa shape index (κ1) is 14.3. The molecule has 0 bridgehead atoms. The summed E-state index contributed by atoms with van der Waals surface area (Å²) in [5.41, 5.74) is 2.69. The Kier molecular flexibility index (Phi) is 4.26. The van der Waals surface area contributed by atoms with Crippen LogP contribution < -0.4 is 5.32 Å². The van der Waals surface area contributed by atoms with Crippen molar-refractivity contribution in [1.82, 2.24) is 14.9 Å². The maximum atomic E-state index is 11.6. The Morgan fingerprint density at radius 1 is 1.40 bits per heavy atom. The first-order valence-corrected chi connectivity index (χ1v) is 9.28. The first-order valence-electron chi connectivity index (χ1n) is 7.79. The smallest absolute Gasteiger partial charge is 0.109 e. The number of rotatable bonds is 3. The Bertz CT molecular complexity index is 499. The monoisotopic (exact) mass is 295 g/mol. The predicted molar refractivity (Wildman–Crippen MR) is 82.3 cm³/mol. The molecular formula is C15H25N3OS. The van der Waals surface area contributed by atoms with Crippen molar-refractivity contribution in [3.8, 4) is 0 Å². The Morgan fingerprint density at radius 2 is 2.15 bits per heavy atom. The molecule has 20 heavy (non-hydrogen) atoms. The zero-order valence-corrected chi connectivity index (χ0v) is 13.3. The number of imidazole rings is 1. The van der Waals surface area contributed by atoms with Gasteiger partial charge in [-0.05, 0) is 18.8 Å². The molecule has 2 aliphatic rings. The Balaban J connectivity index is 1.93. The average molecular weight is 295 g/mol. The predicted octanol–water partition coefficient (Wildman–Crippen LogP) is 1.81. The molecule has 0 unspecified atom stereocenters. The molecular weight excluding hydrogens is 270 g/mol. The molecule has 112 valence electrons. The van der Waals surface area contributed by atoms with E-state index in [1.54, 1.807) is 0 Å². The van der Waals surface area contributed by atoms with E-state index in [1.165, 1.54) is 17.2 Å². The quantitative estimate of drug-likeness (QED) is 0.925. The van der Waals surface area contributed by atoms with Crippen molar-refractivity contribution >= 4 is 10.8 Å². The topological polar surface area (TPSA) is 46.9 Å². The molecule has 0 radical (unpaired) electrons. The van der Waals surface area contributed by atoms with Gasteiger partial charge in [-0.15, -0.1) is 0 Å². The fraction of sp³-hybridized carbons (Fsp3) is 0.800. The van der Waals surface area contributed by atoms with Crippen LogP contribution in [0.25, 0.3) is 0 Å². The van der Waals surface area contributed by atoms with Crippen LogP contribution >= 0.6 is 0 Å². The highest BCUT2D eigenvalue weighted by atomic mass is 32.2. The van der Waals surface area contributed by atoms with Crippen molar-refractivity contribution in [3.63, 3.8) is 0 Å². The van der Waals surface area contributed by atoms with Gasteiger partial charge in [0, 0.05) is 60.0 Å². The van der Waals surface area contributed by atoms with Gasteiger partial charge in [0.1, 0.15) is 5.82 Å². The van der Waals surface area contributed by atoms with Crippen molar-refractivity contribution in [2.75, 3.05) is 18.1 Å². The Hall–Kier alpha value is -0.680. The van der Waals surface area contributed by atoms with Gasteiger partial charge in [0.25, 0.3) is 0 Å². The van der Waals surface area contributed by atoms with Gasteiger partial charge < -0.3 is 9.88 Å². The van der Waals surface area contributed by atoms with Gasteiger partial charge >= 0.3 is 0 Å². The van der Waals surface area contributed by atoms with Crippen molar-refractivity contribution in [2.24, 2.45) is 5.92 Å². The summed E-state index contributed by atoms with van der Waals surface area (Å²) in [6.07, 6.45) is 4.23. The summed E-state index contributed by atoms with van der Waals surface area (Å²) in [6, 6.07) is 0.524. The third-order valence-corrected chi connectivity index (χ3v) is 5.69. The molecule has 1 saturated heterocycles. The minimum Gasteiger partial charge on any atom is -0.329 e. The molecule has 0 saturated carbocycles. The second-order valence-corrected chi connectivity index (χ2v) is 8.09. The molecule has 1 N–H and O–H groups in total. The fourth-order valence-electron chi connectivity index (χ4n) is 3.37. The molecule has 4 nitrogen and oxygen atoms in total. The first-order chi connectivity index (χ1) is 9.65. The maximum Gasteiger partial charge on any atom is 0.109 e. The van der Waals surface area contributed by atoms with E-state index in [0.717, 1.165) is 50.3 Å². The lowest BCUT2D eigenvalue weighted by molar-refractivity contribution is 0.420. The number of hydrogen-bond donors (Lipinski definition) is 1. The lowest BCUT2D eigenvalue weighted by atomic mass is 10.1. The largest absolute Gasteiger partial charge is 0.329 e. The third-order valence-electron chi connectivity index (χ3n) is 4.31. The molecule has 1 aromatic heterocycles. The number of nitrogens with zero attached hydrogens (tertiary/aromatic N) is 2. The second-order valence-electron chi connectivity index (χ2n) is 6.40. The van der Waals surface area contributed by atoms with Crippen LogP contribution in [0.4, 0.5) is 0 Å². The molecule has 0 amide bonds. The van der Waals surface area contributed by atoms with Crippen LogP contribution in [0.2, 0.25) is 0 Å². The van der Waals surface area contributed by atoms with Crippen LogP contribution in [0.1, 0.15) is 49.9 Å². The van der Waals surface area contributed by atoms with Gasteiger partial charge in [0.2, 0.25) is 0 Å². The highest BCUT2D eigenvalue weighted by molar-refractivity contribution is 7.85. The number of nitrogens with one attached hydrogen (secondary N) is 1. The van der Waals surface area contributed by atoms with Crippen molar-refractivity contribution in [3.05, 3.63) is 17.2 Å². The Labute approximate surface area is 123 Å². The van der Waals surface area contributed by atoms with Crippen molar-refractivity contribution in [1.29, 1.82) is 0 Å². The zero-order valence-electron chi connectivity index (χ0n) is 12.5. The van der Waals surface area contributed by atoms with Gasteiger partial charge in [-0.1, -0.05) is 13.8 Å². The summed E-state index contributed by atoms with van der Waals surface area (Å²) in [4.78, 5) is 4.91. The van der Waals surface area contributed by atoms with E-state index in [-0.39, 0.29) is 0 Å². The van der Waals surface area contributed by atoms with E-state index >= 15 is 0 Å². The van der Waals surface area contributed by atoms with Gasteiger partial charge in [-0.3, -0.25) is 4.21 Å². The number of fused-ring (bicyclic) bond motifs is 1. The maximum absolute atomic E-state index is 11.6. The molecule has 0 spiro atoms. The van der Waals surface area contributed by atoms with Crippen molar-refractivity contribution in [2.45, 2.75) is 52.1 Å². The van der Waals surface area contributed by atoms with E-state index in [0.29, 0.717) is 12.0 Å². The van der Waals surface area contributed by atoms with Gasteiger partial charge in [-0.2, -0.15) is 0 Å². The van der Waals surface area contributed by atoms with Crippen LogP contribution in [0.15, 0.2) is 0 Å². The summed E-state index contributed by atoms with van der Waals surface area (Å²) < 4.78 is 14.1. The van der Waals surface area contributed by atoms with Crippen LogP contribution in [-0.4, -0.2) is 31.8 Å². The summed E-state index contributed by atoms with van der Waals surface area (Å²) in [5, 5.41) is 3.42. The van der Waals surface area contributed by atoms with Gasteiger partial charge in [-0.25, -0.2) is 4.98 Å². The standard InChI is InChI=1S/C15H25N3OS/c1-11(2)9-15-17-13-10-16-6-3-14(13)18(15)12-4-7-20(19)8-5-12/h11-12,16H,3-10H2,1-2H3. The normalized spacial score (nSPS) is 26.8. The minimum absolute atomic E-state index is 0.524. The average Bonchev–Trinajstić information content (AvgIpc) is 2.77. The lowest BCUT2D eigenvalue weighted by Crippen LogP contribution is -2.28. The number of hydrogen-bond acceptors (Lipinski definition) is 3. The molecule has 1 fully saturated rings. The summed E-state index contributed by atoms with van der Waals surface area (Å²) >= 11 is 0. The zero-order chi connectivity index (χ0) is 14.1. The van der Waals surface area contributed by atoms with E-state index in [4.69, 9.17) is 4.98 Å². The van der Waals surface area contributed by atoms with Gasteiger partial charge in [0.15, 0.2) is 0 Å². The Morgan fingerprint density at radius 3 is 2.85 bits per heavy atom. The second kappa shape index (κ2) is 5.98. The minimum atomic E-state index is -0.588. The van der Waals surface area contributed by atoms with E-state index in [9.17, 15) is 4.21 Å². The van der Waals surface area contributed by atoms with Crippen LogP contribution in [-0.2, 0) is 30.2 Å². The summed E-state index contributed by atoms with van der Waals surface area (Å²) in [6.45, 7) is 6.48. The molecule has 0 atom stereocenters. The lowest BCUT2D eigenvalue weighted by Gasteiger charge is -2.28. The van der Waals surface area contributed by atoms with Crippen LogP contribution in [0.3, 0.4) is 0 Å². The van der Waals surface area contributed by atoms with Crippen molar-refractivity contribution < 1.29 is 4.21 Å². The molecule has 1 aromatic rings. The van der Waals surface area contributed by atoms with Crippen LogP contribution in [0, 0.1) is 5.92 Å². The molecule has 0 aliphatic carbocycles. The van der Waals surface area contributed by atoms with E-state index in [2.05, 4.69) is 23.7 Å². The molecule has 3 heterocycles. The molecule has 5 heteroatoms. The van der Waals surface area contributed by atoms with E-state index < -0.39 is 10.8 Å². The highest BCUT2D eigenvalue weighted by Crippen LogP contribution is 2.29. The number of aromatic nitrogens is 2. The molecule has 2 aliphatic heterocycles. The SMILES string of the molecule is CC(C)Cc1nc2c(n1C1CCS(=O)CC1)CCNC2. The summed E-state index contributed by atoms with van der Waals surface area (Å²) in [7, 11) is -0.588. The third kappa shape index (κ3) is 2.84. The molecule has 3 rings (SSSR count). The fourth-order valence-corrected chi connectivity index (χ4v) is 4.64.